The van der Waals surface area contributed by atoms with E-state index in [2.05, 4.69) is 10.4 Å². The first-order valence-corrected chi connectivity index (χ1v) is 10.6. The molecule has 0 saturated heterocycles. The molecule has 0 aliphatic carbocycles. The van der Waals surface area contributed by atoms with Gasteiger partial charge in [0, 0.05) is 23.3 Å². The normalized spacial score (nSPS) is 11.6. The van der Waals surface area contributed by atoms with Gasteiger partial charge < -0.3 is 5.32 Å². The summed E-state index contributed by atoms with van der Waals surface area (Å²) in [6, 6.07) is 10.9. The predicted molar refractivity (Wildman–Crippen MR) is 108 cm³/mol. The Morgan fingerprint density at radius 1 is 1.23 bits per heavy atom. The molecule has 0 aliphatic rings. The summed E-state index contributed by atoms with van der Waals surface area (Å²) in [5, 5.41) is 12.3. The molecule has 0 saturated carbocycles. The second-order valence-electron chi connectivity index (χ2n) is 6.43. The van der Waals surface area contributed by atoms with Crippen LogP contribution in [0.5, 0.6) is 0 Å². The number of carbonyl (C=O) groups is 1. The fraction of sp³-hybridized carbons (Fsp3) is 0.158. The zero-order valence-electron chi connectivity index (χ0n) is 15.4. The number of halogens is 3. The van der Waals surface area contributed by atoms with Gasteiger partial charge in [-0.15, -0.1) is 0 Å². The fourth-order valence-electron chi connectivity index (χ4n) is 2.80. The van der Waals surface area contributed by atoms with E-state index in [-0.39, 0.29) is 28.3 Å². The van der Waals surface area contributed by atoms with Crippen LogP contribution in [0.2, 0.25) is 5.02 Å². The second kappa shape index (κ2) is 8.90. The predicted octanol–water partition coefficient (Wildman–Crippen LogP) is 3.16. The lowest BCUT2D eigenvalue weighted by molar-refractivity contribution is -0.115. The van der Waals surface area contributed by atoms with Crippen LogP contribution in [-0.4, -0.2) is 30.5 Å². The van der Waals surface area contributed by atoms with Crippen LogP contribution in [0.15, 0.2) is 59.8 Å². The number of nitrogens with zero attached hydrogens (tertiary/aromatic N) is 2. The summed E-state index contributed by atoms with van der Waals surface area (Å²) in [4.78, 5) is 12.0. The van der Waals surface area contributed by atoms with Crippen LogP contribution < -0.4 is 10.5 Å². The van der Waals surface area contributed by atoms with E-state index < -0.39 is 28.8 Å². The molecule has 0 spiro atoms. The summed E-state index contributed by atoms with van der Waals surface area (Å²) >= 11 is 6.05. The van der Waals surface area contributed by atoms with Gasteiger partial charge >= 0.3 is 0 Å². The molecule has 1 heterocycles. The lowest BCUT2D eigenvalue weighted by Crippen LogP contribution is -2.18. The molecule has 1 amide bonds. The molecular formula is C19H17ClF2N4O3S. The van der Waals surface area contributed by atoms with Gasteiger partial charge in [-0.05, 0) is 35.4 Å². The van der Waals surface area contributed by atoms with Crippen LogP contribution in [0.4, 0.5) is 14.5 Å². The monoisotopic (exact) mass is 454 g/mol. The Morgan fingerprint density at radius 2 is 1.97 bits per heavy atom. The molecule has 3 aromatic rings. The Labute approximate surface area is 176 Å². The van der Waals surface area contributed by atoms with Crippen LogP contribution in [-0.2, 0) is 27.7 Å². The SMILES string of the molecule is NS(=O)(=O)c1cc(NC(=O)Cc2ccccc2Cl)ccc1-n1cc(CC(F)F)cn1. The fourth-order valence-corrected chi connectivity index (χ4v) is 3.75. The highest BCUT2D eigenvalue weighted by Crippen LogP contribution is 2.24. The zero-order chi connectivity index (χ0) is 21.9. The molecule has 30 heavy (non-hydrogen) atoms. The molecule has 3 rings (SSSR count). The number of carbonyl (C=O) groups excluding carboxylic acids is 1. The number of benzene rings is 2. The van der Waals surface area contributed by atoms with Crippen LogP contribution in [0.3, 0.4) is 0 Å². The van der Waals surface area contributed by atoms with Crippen LogP contribution in [0, 0.1) is 0 Å². The first-order valence-electron chi connectivity index (χ1n) is 8.65. The van der Waals surface area contributed by atoms with Crippen molar-refractivity contribution in [1.29, 1.82) is 0 Å². The van der Waals surface area contributed by atoms with Crippen LogP contribution >= 0.6 is 11.6 Å². The maximum Gasteiger partial charge on any atom is 0.242 e. The van der Waals surface area contributed by atoms with Crippen molar-refractivity contribution in [1.82, 2.24) is 9.78 Å². The first kappa shape index (κ1) is 21.9. The number of sulfonamides is 1. The summed E-state index contributed by atoms with van der Waals surface area (Å²) in [5.41, 5.74) is 1.12. The topological polar surface area (TPSA) is 107 Å². The molecule has 0 unspecified atom stereocenters. The number of nitrogens with two attached hydrogens (primary N) is 1. The minimum absolute atomic E-state index is 0.0116. The Morgan fingerprint density at radius 3 is 2.63 bits per heavy atom. The number of nitrogens with one attached hydrogen (secondary N) is 1. The maximum absolute atomic E-state index is 12.6. The number of amides is 1. The average Bonchev–Trinajstić information content (AvgIpc) is 3.10. The third-order valence-electron chi connectivity index (χ3n) is 4.13. The van der Waals surface area contributed by atoms with Crippen molar-refractivity contribution < 1.29 is 22.0 Å². The summed E-state index contributed by atoms with van der Waals surface area (Å²) in [5.74, 6) is -0.408. The molecule has 3 N–H and O–H groups in total. The van der Waals surface area contributed by atoms with Crippen molar-refractivity contribution in [3.63, 3.8) is 0 Å². The maximum atomic E-state index is 12.6. The third kappa shape index (κ3) is 5.41. The molecule has 0 radical (unpaired) electrons. The highest BCUT2D eigenvalue weighted by Gasteiger charge is 2.19. The quantitative estimate of drug-likeness (QED) is 0.571. The van der Waals surface area contributed by atoms with Crippen molar-refractivity contribution in [2.75, 3.05) is 5.32 Å². The van der Waals surface area contributed by atoms with Crippen molar-refractivity contribution in [2.24, 2.45) is 5.14 Å². The van der Waals surface area contributed by atoms with Gasteiger partial charge in [-0.1, -0.05) is 29.8 Å². The van der Waals surface area contributed by atoms with Gasteiger partial charge in [0.25, 0.3) is 0 Å². The van der Waals surface area contributed by atoms with E-state index in [1.807, 2.05) is 0 Å². The Hall–Kier alpha value is -2.82. The van der Waals surface area contributed by atoms with E-state index in [9.17, 15) is 22.0 Å². The second-order valence-corrected chi connectivity index (χ2v) is 8.37. The molecule has 0 fully saturated rings. The standard InChI is InChI=1S/C19H17ClF2N4O3S/c20-15-4-2-1-3-13(15)8-19(27)25-14-5-6-16(17(9-14)30(23,28)29)26-11-12(10-24-26)7-18(21)22/h1-6,9-11,18H,7-8H2,(H,25,27)(H2,23,28,29). The highest BCUT2D eigenvalue weighted by atomic mass is 35.5. The smallest absolute Gasteiger partial charge is 0.242 e. The molecule has 0 atom stereocenters. The number of anilines is 1. The Kier molecular flexibility index (Phi) is 6.49. The molecule has 0 bridgehead atoms. The van der Waals surface area contributed by atoms with Crippen molar-refractivity contribution in [3.8, 4) is 5.69 Å². The lowest BCUT2D eigenvalue weighted by atomic mass is 10.1. The molecule has 1 aromatic heterocycles. The van der Waals surface area contributed by atoms with E-state index in [0.717, 1.165) is 4.68 Å². The van der Waals surface area contributed by atoms with Crippen LogP contribution in [0.1, 0.15) is 11.1 Å². The van der Waals surface area contributed by atoms with E-state index in [0.29, 0.717) is 10.6 Å². The van der Waals surface area contributed by atoms with Gasteiger partial charge in [0.15, 0.2) is 0 Å². The molecule has 2 aromatic carbocycles. The van der Waals surface area contributed by atoms with E-state index >= 15 is 0 Å². The average molecular weight is 455 g/mol. The molecular weight excluding hydrogens is 438 g/mol. The molecule has 0 aliphatic heterocycles. The number of aromatic nitrogens is 2. The van der Waals surface area contributed by atoms with E-state index in [1.54, 1.807) is 24.3 Å². The molecule has 158 valence electrons. The van der Waals surface area contributed by atoms with Gasteiger partial charge in [0.05, 0.1) is 18.3 Å². The number of primary sulfonamides is 1. The lowest BCUT2D eigenvalue weighted by Gasteiger charge is -2.12. The number of hydrogen-bond donors (Lipinski definition) is 2. The molecule has 7 nitrogen and oxygen atoms in total. The van der Waals surface area contributed by atoms with Crippen molar-refractivity contribution in [3.05, 3.63) is 71.0 Å². The Balaban J connectivity index is 1.87. The Bertz CT molecular complexity index is 1180. The largest absolute Gasteiger partial charge is 0.326 e. The van der Waals surface area contributed by atoms with Gasteiger partial charge in [0.1, 0.15) is 4.90 Å². The summed E-state index contributed by atoms with van der Waals surface area (Å²) in [6.45, 7) is 0. The zero-order valence-corrected chi connectivity index (χ0v) is 17.0. The number of rotatable bonds is 7. The van der Waals surface area contributed by atoms with Crippen LogP contribution in [0.25, 0.3) is 5.69 Å². The summed E-state index contributed by atoms with van der Waals surface area (Å²) in [6.07, 6.45) is -0.566. The van der Waals surface area contributed by atoms with E-state index in [4.69, 9.17) is 16.7 Å². The first-order chi connectivity index (χ1) is 14.1. The van der Waals surface area contributed by atoms with E-state index in [1.165, 1.54) is 30.6 Å². The van der Waals surface area contributed by atoms with Gasteiger partial charge in [-0.2, -0.15) is 5.10 Å². The minimum atomic E-state index is -4.20. The van der Waals surface area contributed by atoms with Crippen molar-refractivity contribution in [2.45, 2.75) is 24.2 Å². The minimum Gasteiger partial charge on any atom is -0.326 e. The number of alkyl halides is 2. The third-order valence-corrected chi connectivity index (χ3v) is 5.44. The summed E-state index contributed by atoms with van der Waals surface area (Å²) in [7, 11) is -4.20. The molecule has 11 heteroatoms. The summed E-state index contributed by atoms with van der Waals surface area (Å²) < 4.78 is 50.4. The van der Waals surface area contributed by atoms with Gasteiger partial charge in [0.2, 0.25) is 22.4 Å². The van der Waals surface area contributed by atoms with Gasteiger partial charge in [-0.3, -0.25) is 4.79 Å². The number of hydrogen-bond acceptors (Lipinski definition) is 4. The van der Waals surface area contributed by atoms with Gasteiger partial charge in [-0.25, -0.2) is 27.0 Å². The van der Waals surface area contributed by atoms with Crippen molar-refractivity contribution >= 4 is 33.2 Å². The highest BCUT2D eigenvalue weighted by molar-refractivity contribution is 7.89.